The number of ether oxygens (including phenoxy) is 1. The molecule has 2 heterocycles. The Labute approximate surface area is 173 Å². The number of hydrogen-bond acceptors (Lipinski definition) is 5. The van der Waals surface area contributed by atoms with E-state index < -0.39 is 17.6 Å². The standard InChI is InChI=1S/C18H16ClF3N6O2/c1-27-17(14(18(20,21)22)16(25-27)30-2)28-8-13(24-26-28)9-3-6-12(19)11(7-9)15(29)23-10-4-5-10/h3,6-8,10H,4-5H2,1-2H3,(H,23,29). The molecule has 0 bridgehead atoms. The van der Waals surface area contributed by atoms with Crippen LogP contribution in [0.3, 0.4) is 0 Å². The molecule has 0 aliphatic heterocycles. The van der Waals surface area contributed by atoms with Crippen LogP contribution in [0.4, 0.5) is 13.2 Å². The molecule has 1 aliphatic carbocycles. The van der Waals surface area contributed by atoms with E-state index in [0.29, 0.717) is 5.56 Å². The minimum atomic E-state index is -4.71. The molecule has 1 fully saturated rings. The van der Waals surface area contributed by atoms with Gasteiger partial charge in [-0.1, -0.05) is 22.9 Å². The fourth-order valence-corrected chi connectivity index (χ4v) is 3.20. The summed E-state index contributed by atoms with van der Waals surface area (Å²) in [7, 11) is 2.45. The highest BCUT2D eigenvalue weighted by atomic mass is 35.5. The van der Waals surface area contributed by atoms with Crippen molar-refractivity contribution >= 4 is 17.5 Å². The van der Waals surface area contributed by atoms with Crippen LogP contribution in [0.25, 0.3) is 17.1 Å². The van der Waals surface area contributed by atoms with Crippen LogP contribution >= 0.6 is 11.6 Å². The maximum absolute atomic E-state index is 13.6. The van der Waals surface area contributed by atoms with Crippen molar-refractivity contribution in [1.29, 1.82) is 0 Å². The minimum Gasteiger partial charge on any atom is -0.479 e. The summed E-state index contributed by atoms with van der Waals surface area (Å²) < 4.78 is 47.4. The number of halogens is 4. The van der Waals surface area contributed by atoms with E-state index >= 15 is 0 Å². The lowest BCUT2D eigenvalue weighted by Crippen LogP contribution is -2.25. The van der Waals surface area contributed by atoms with E-state index in [1.807, 2.05) is 0 Å². The van der Waals surface area contributed by atoms with Gasteiger partial charge in [0.05, 0.1) is 23.9 Å². The molecule has 4 rings (SSSR count). The lowest BCUT2D eigenvalue weighted by molar-refractivity contribution is -0.138. The van der Waals surface area contributed by atoms with Crippen LogP contribution in [0.1, 0.15) is 28.8 Å². The van der Waals surface area contributed by atoms with Gasteiger partial charge in [0.15, 0.2) is 11.4 Å². The van der Waals surface area contributed by atoms with Crippen molar-refractivity contribution in [1.82, 2.24) is 30.1 Å². The fourth-order valence-electron chi connectivity index (χ4n) is 2.99. The van der Waals surface area contributed by atoms with Crippen LogP contribution in [0.15, 0.2) is 24.4 Å². The van der Waals surface area contributed by atoms with Crippen molar-refractivity contribution in [3.05, 3.63) is 40.5 Å². The van der Waals surface area contributed by atoms with Gasteiger partial charge in [-0.25, -0.2) is 9.36 Å². The molecule has 158 valence electrons. The largest absolute Gasteiger partial charge is 0.479 e. The second kappa shape index (κ2) is 7.31. The van der Waals surface area contributed by atoms with E-state index in [0.717, 1.165) is 29.3 Å². The third kappa shape index (κ3) is 3.72. The number of aromatic nitrogens is 5. The van der Waals surface area contributed by atoms with Gasteiger partial charge < -0.3 is 10.1 Å². The number of hydrogen-bond donors (Lipinski definition) is 1. The molecule has 1 saturated carbocycles. The van der Waals surface area contributed by atoms with Gasteiger partial charge in [-0.2, -0.15) is 13.2 Å². The molecule has 1 N–H and O–H groups in total. The van der Waals surface area contributed by atoms with Crippen molar-refractivity contribution < 1.29 is 22.7 Å². The number of alkyl halides is 3. The van der Waals surface area contributed by atoms with Crippen LogP contribution in [0.2, 0.25) is 5.02 Å². The number of nitrogens with one attached hydrogen (secondary N) is 1. The summed E-state index contributed by atoms with van der Waals surface area (Å²) in [4.78, 5) is 12.4. The molecule has 1 aliphatic rings. The molecule has 3 aromatic rings. The molecule has 0 radical (unpaired) electrons. The van der Waals surface area contributed by atoms with Crippen LogP contribution in [-0.4, -0.2) is 43.8 Å². The Morgan fingerprint density at radius 3 is 2.70 bits per heavy atom. The first-order chi connectivity index (χ1) is 14.2. The monoisotopic (exact) mass is 440 g/mol. The van der Waals surface area contributed by atoms with Gasteiger partial charge in [-0.3, -0.25) is 4.79 Å². The molecule has 8 nitrogen and oxygen atoms in total. The smallest absolute Gasteiger partial charge is 0.425 e. The summed E-state index contributed by atoms with van der Waals surface area (Å²) >= 11 is 6.14. The second-order valence-electron chi connectivity index (χ2n) is 6.82. The Hall–Kier alpha value is -3.08. The van der Waals surface area contributed by atoms with E-state index in [1.54, 1.807) is 6.07 Å². The van der Waals surface area contributed by atoms with Gasteiger partial charge >= 0.3 is 6.18 Å². The van der Waals surface area contributed by atoms with Crippen LogP contribution in [0.5, 0.6) is 5.88 Å². The van der Waals surface area contributed by atoms with Crippen molar-refractivity contribution in [3.8, 4) is 23.0 Å². The number of amides is 1. The van der Waals surface area contributed by atoms with Gasteiger partial charge in [0, 0.05) is 18.7 Å². The molecule has 0 saturated heterocycles. The minimum absolute atomic E-state index is 0.152. The summed E-state index contributed by atoms with van der Waals surface area (Å²) in [5.74, 6) is -1.23. The number of aryl methyl sites for hydroxylation is 1. The van der Waals surface area contributed by atoms with Crippen LogP contribution in [-0.2, 0) is 13.2 Å². The number of methoxy groups -OCH3 is 1. The Morgan fingerprint density at radius 2 is 2.07 bits per heavy atom. The summed E-state index contributed by atoms with van der Waals surface area (Å²) in [6.07, 6.45) is -1.55. The number of nitrogens with zero attached hydrogens (tertiary/aromatic N) is 5. The lowest BCUT2D eigenvalue weighted by atomic mass is 10.1. The molecule has 12 heteroatoms. The average molecular weight is 441 g/mol. The SMILES string of the molecule is COc1nn(C)c(-n2cc(-c3ccc(Cl)c(C(=O)NC4CC4)c3)nn2)c1C(F)(F)F. The zero-order valence-corrected chi connectivity index (χ0v) is 16.6. The quantitative estimate of drug-likeness (QED) is 0.658. The topological polar surface area (TPSA) is 86.9 Å². The Balaban J connectivity index is 1.72. The van der Waals surface area contributed by atoms with Crippen LogP contribution < -0.4 is 10.1 Å². The number of benzene rings is 1. The molecular formula is C18H16ClF3N6O2. The normalized spacial score (nSPS) is 14.1. The predicted octanol–water partition coefficient (Wildman–Crippen LogP) is 3.24. The first kappa shape index (κ1) is 20.2. The fraction of sp³-hybridized carbons (Fsp3) is 0.333. The first-order valence-corrected chi connectivity index (χ1v) is 9.28. The zero-order valence-electron chi connectivity index (χ0n) is 15.9. The van der Waals surface area contributed by atoms with Gasteiger partial charge in [-0.05, 0) is 25.0 Å². The van der Waals surface area contributed by atoms with Gasteiger partial charge in [0.1, 0.15) is 5.69 Å². The Morgan fingerprint density at radius 1 is 1.33 bits per heavy atom. The maximum atomic E-state index is 13.6. The molecule has 30 heavy (non-hydrogen) atoms. The Kier molecular flexibility index (Phi) is 4.92. The number of carbonyl (C=O) groups excluding carboxylic acids is 1. The van der Waals surface area contributed by atoms with Gasteiger partial charge in [0.2, 0.25) is 5.88 Å². The molecule has 0 spiro atoms. The van der Waals surface area contributed by atoms with E-state index in [9.17, 15) is 18.0 Å². The summed E-state index contributed by atoms with van der Waals surface area (Å²) in [5.41, 5.74) is -0.0620. The van der Waals surface area contributed by atoms with E-state index in [1.165, 1.54) is 25.4 Å². The highest BCUT2D eigenvalue weighted by Crippen LogP contribution is 2.39. The third-order valence-electron chi connectivity index (χ3n) is 4.59. The second-order valence-corrected chi connectivity index (χ2v) is 7.23. The molecule has 0 unspecified atom stereocenters. The summed E-state index contributed by atoms with van der Waals surface area (Å²) in [6, 6.07) is 4.83. The third-order valence-corrected chi connectivity index (χ3v) is 4.92. The van der Waals surface area contributed by atoms with Crippen molar-refractivity contribution in [2.75, 3.05) is 7.11 Å². The molecule has 1 aromatic carbocycles. The number of carbonyl (C=O) groups is 1. The zero-order chi connectivity index (χ0) is 21.6. The van der Waals surface area contributed by atoms with Crippen molar-refractivity contribution in [3.63, 3.8) is 0 Å². The molecule has 2 aromatic heterocycles. The summed E-state index contributed by atoms with van der Waals surface area (Å²) in [5, 5.41) is 14.6. The maximum Gasteiger partial charge on any atom is 0.425 e. The Bertz CT molecular complexity index is 1120. The van der Waals surface area contributed by atoms with Gasteiger partial charge in [0.25, 0.3) is 5.91 Å². The summed E-state index contributed by atoms with van der Waals surface area (Å²) in [6.45, 7) is 0. The highest BCUT2D eigenvalue weighted by Gasteiger charge is 2.42. The predicted molar refractivity (Wildman–Crippen MR) is 101 cm³/mol. The van der Waals surface area contributed by atoms with Gasteiger partial charge in [-0.15, -0.1) is 10.2 Å². The lowest BCUT2D eigenvalue weighted by Gasteiger charge is -2.09. The first-order valence-electron chi connectivity index (χ1n) is 8.90. The van der Waals surface area contributed by atoms with Crippen molar-refractivity contribution in [2.24, 2.45) is 7.05 Å². The van der Waals surface area contributed by atoms with E-state index in [2.05, 4.69) is 20.7 Å². The molecule has 0 atom stereocenters. The average Bonchev–Trinajstić information content (AvgIpc) is 3.23. The molecule has 1 amide bonds. The molecular weight excluding hydrogens is 425 g/mol. The van der Waals surface area contributed by atoms with Crippen LogP contribution in [0, 0.1) is 0 Å². The van der Waals surface area contributed by atoms with E-state index in [-0.39, 0.29) is 34.0 Å². The van der Waals surface area contributed by atoms with E-state index in [4.69, 9.17) is 16.3 Å². The van der Waals surface area contributed by atoms with Crippen molar-refractivity contribution in [2.45, 2.75) is 25.1 Å². The highest BCUT2D eigenvalue weighted by molar-refractivity contribution is 6.34. The number of rotatable bonds is 5.